The van der Waals surface area contributed by atoms with Gasteiger partial charge < -0.3 is 45.4 Å². The van der Waals surface area contributed by atoms with Gasteiger partial charge >= 0.3 is 0 Å². The van der Waals surface area contributed by atoms with E-state index in [0.29, 0.717) is 12.8 Å². The SMILES string of the molecule is CCCCCCCCCCCC=CCCC=CC(O)C(NC(=O)C(O)CCCCCCCCCCCCCCCCCCCCC)OC1OC(CO)C(O)C(O)C1O. The molecule has 8 unspecified atom stereocenters. The first-order valence-electron chi connectivity index (χ1n) is 24.2. The summed E-state index contributed by atoms with van der Waals surface area (Å²) in [6.45, 7) is 3.87. The second-order valence-electron chi connectivity index (χ2n) is 17.0. The summed E-state index contributed by atoms with van der Waals surface area (Å²) < 4.78 is 11.2. The van der Waals surface area contributed by atoms with Crippen LogP contribution in [-0.2, 0) is 14.3 Å². The minimum atomic E-state index is -1.71. The standard InChI is InChI=1S/C48H91NO9/c1-3-5-7-9-11-13-15-17-19-20-21-22-24-25-27-29-31-33-35-37-40(51)46(56)49-47(58-48-45(55)44(54)43(53)42(39-50)57-48)41(52)38-36-34-32-30-28-26-23-18-16-14-12-10-8-6-4-2/h28,30,36,38,40-45,47-48,50-55H,3-27,29,31-35,37,39H2,1-2H3,(H,49,56). The predicted molar refractivity (Wildman–Crippen MR) is 236 cm³/mol. The molecule has 10 heteroatoms. The van der Waals surface area contributed by atoms with Gasteiger partial charge in [0, 0.05) is 0 Å². The number of carbonyl (C=O) groups is 1. The summed E-state index contributed by atoms with van der Waals surface area (Å²) in [5.74, 6) is -0.733. The minimum absolute atomic E-state index is 0.259. The van der Waals surface area contributed by atoms with Gasteiger partial charge in [0.15, 0.2) is 12.5 Å². The number of aliphatic hydroxyl groups is 6. The fourth-order valence-electron chi connectivity index (χ4n) is 7.65. The second-order valence-corrected chi connectivity index (χ2v) is 17.0. The lowest BCUT2D eigenvalue weighted by molar-refractivity contribution is -0.317. The van der Waals surface area contributed by atoms with Crippen molar-refractivity contribution in [3.8, 4) is 0 Å². The summed E-state index contributed by atoms with van der Waals surface area (Å²) in [5, 5.41) is 64.8. The normalized spacial score (nSPS) is 21.6. The van der Waals surface area contributed by atoms with Crippen molar-refractivity contribution in [2.24, 2.45) is 0 Å². The van der Waals surface area contributed by atoms with Crippen LogP contribution in [0.5, 0.6) is 0 Å². The number of amides is 1. The predicted octanol–water partition coefficient (Wildman–Crippen LogP) is 9.60. The van der Waals surface area contributed by atoms with Crippen molar-refractivity contribution < 1.29 is 44.9 Å². The molecule has 0 bridgehead atoms. The molecule has 1 fully saturated rings. The number of aliphatic hydroxyl groups excluding tert-OH is 6. The Morgan fingerprint density at radius 2 is 0.983 bits per heavy atom. The molecule has 342 valence electrons. The molecule has 0 aliphatic carbocycles. The smallest absolute Gasteiger partial charge is 0.250 e. The lowest BCUT2D eigenvalue weighted by Gasteiger charge is -2.41. The fourth-order valence-corrected chi connectivity index (χ4v) is 7.65. The second kappa shape index (κ2) is 38.5. The Hall–Kier alpha value is -1.37. The molecule has 1 heterocycles. The summed E-state index contributed by atoms with van der Waals surface area (Å²) in [7, 11) is 0. The number of ether oxygens (including phenoxy) is 2. The Labute approximate surface area is 354 Å². The van der Waals surface area contributed by atoms with E-state index in [-0.39, 0.29) is 6.42 Å². The highest BCUT2D eigenvalue weighted by Crippen LogP contribution is 2.24. The van der Waals surface area contributed by atoms with Crippen LogP contribution in [0.15, 0.2) is 24.3 Å². The van der Waals surface area contributed by atoms with Crippen molar-refractivity contribution in [2.45, 2.75) is 268 Å². The number of unbranched alkanes of at least 4 members (excludes halogenated alkanes) is 28. The summed E-state index contributed by atoms with van der Waals surface area (Å²) in [6.07, 6.45) is 34.2. The molecular weight excluding hydrogens is 735 g/mol. The van der Waals surface area contributed by atoms with Crippen LogP contribution in [0.2, 0.25) is 0 Å². The van der Waals surface area contributed by atoms with E-state index in [4.69, 9.17) is 9.47 Å². The van der Waals surface area contributed by atoms with E-state index in [2.05, 4.69) is 31.3 Å². The van der Waals surface area contributed by atoms with Crippen molar-refractivity contribution >= 4 is 5.91 Å². The van der Waals surface area contributed by atoms with Crippen LogP contribution in [0.3, 0.4) is 0 Å². The Kier molecular flexibility index (Phi) is 36.3. The molecule has 1 saturated heterocycles. The van der Waals surface area contributed by atoms with Gasteiger partial charge in [-0.3, -0.25) is 4.79 Å². The molecule has 0 radical (unpaired) electrons. The lowest BCUT2D eigenvalue weighted by atomic mass is 9.99. The molecule has 1 aliphatic rings. The molecule has 1 aliphatic heterocycles. The van der Waals surface area contributed by atoms with E-state index >= 15 is 0 Å². The van der Waals surface area contributed by atoms with E-state index in [1.807, 2.05) is 0 Å². The van der Waals surface area contributed by atoms with Crippen LogP contribution < -0.4 is 5.32 Å². The number of carbonyl (C=O) groups excluding carboxylic acids is 1. The first-order valence-corrected chi connectivity index (χ1v) is 24.2. The van der Waals surface area contributed by atoms with Crippen molar-refractivity contribution in [3.63, 3.8) is 0 Å². The van der Waals surface area contributed by atoms with Gasteiger partial charge in [0.25, 0.3) is 5.91 Å². The monoisotopic (exact) mass is 826 g/mol. The first kappa shape index (κ1) is 54.6. The highest BCUT2D eigenvalue weighted by Gasteiger charge is 2.45. The number of nitrogens with one attached hydrogen (secondary N) is 1. The molecule has 8 atom stereocenters. The van der Waals surface area contributed by atoms with Crippen molar-refractivity contribution in [3.05, 3.63) is 24.3 Å². The Morgan fingerprint density at radius 3 is 1.45 bits per heavy atom. The first-order chi connectivity index (χ1) is 28.3. The third-order valence-corrected chi connectivity index (χ3v) is 11.6. The minimum Gasteiger partial charge on any atom is -0.394 e. The van der Waals surface area contributed by atoms with Crippen LogP contribution in [-0.4, -0.2) is 92.3 Å². The van der Waals surface area contributed by atoms with Gasteiger partial charge in [-0.1, -0.05) is 212 Å². The highest BCUT2D eigenvalue weighted by molar-refractivity contribution is 5.80. The highest BCUT2D eigenvalue weighted by atomic mass is 16.7. The largest absolute Gasteiger partial charge is 0.394 e. The molecule has 1 rings (SSSR count). The molecule has 0 aromatic carbocycles. The van der Waals surface area contributed by atoms with Gasteiger partial charge in [-0.05, 0) is 32.1 Å². The maximum Gasteiger partial charge on any atom is 0.250 e. The average molecular weight is 826 g/mol. The van der Waals surface area contributed by atoms with Gasteiger partial charge in [-0.25, -0.2) is 0 Å². The van der Waals surface area contributed by atoms with E-state index in [1.165, 1.54) is 160 Å². The molecule has 58 heavy (non-hydrogen) atoms. The van der Waals surface area contributed by atoms with E-state index < -0.39 is 61.7 Å². The topological polar surface area (TPSA) is 169 Å². The van der Waals surface area contributed by atoms with Crippen LogP contribution in [0.1, 0.15) is 219 Å². The molecule has 7 N–H and O–H groups in total. The number of allylic oxidation sites excluding steroid dienone is 3. The molecule has 1 amide bonds. The zero-order chi connectivity index (χ0) is 42.5. The van der Waals surface area contributed by atoms with Gasteiger partial charge in [-0.2, -0.15) is 0 Å². The molecule has 0 spiro atoms. The quantitative estimate of drug-likeness (QED) is 0.0181. The maximum absolute atomic E-state index is 13.0. The zero-order valence-corrected chi connectivity index (χ0v) is 37.2. The number of hydrogen-bond acceptors (Lipinski definition) is 9. The molecular formula is C48H91NO9. The summed E-state index contributed by atoms with van der Waals surface area (Å²) >= 11 is 0. The maximum atomic E-state index is 13.0. The Balaban J connectivity index is 2.38. The van der Waals surface area contributed by atoms with E-state index in [0.717, 1.165) is 32.1 Å². The fraction of sp³-hybridized carbons (Fsp3) is 0.896. The van der Waals surface area contributed by atoms with Crippen molar-refractivity contribution in [1.82, 2.24) is 5.32 Å². The van der Waals surface area contributed by atoms with Crippen LogP contribution in [0, 0.1) is 0 Å². The summed E-state index contributed by atoms with van der Waals surface area (Å²) in [6, 6.07) is 0. The van der Waals surface area contributed by atoms with Gasteiger partial charge in [0.1, 0.15) is 36.6 Å². The van der Waals surface area contributed by atoms with Gasteiger partial charge in [0.2, 0.25) is 0 Å². The summed E-state index contributed by atoms with van der Waals surface area (Å²) in [5.41, 5.74) is 0. The Bertz CT molecular complexity index is 979. The zero-order valence-electron chi connectivity index (χ0n) is 37.2. The van der Waals surface area contributed by atoms with Crippen LogP contribution in [0.4, 0.5) is 0 Å². The van der Waals surface area contributed by atoms with Crippen LogP contribution >= 0.6 is 0 Å². The van der Waals surface area contributed by atoms with Crippen LogP contribution in [0.25, 0.3) is 0 Å². The van der Waals surface area contributed by atoms with E-state index in [1.54, 1.807) is 6.08 Å². The Morgan fingerprint density at radius 1 is 0.569 bits per heavy atom. The third-order valence-electron chi connectivity index (χ3n) is 11.6. The number of rotatable bonds is 40. The van der Waals surface area contributed by atoms with Gasteiger partial charge in [-0.15, -0.1) is 0 Å². The number of hydrogen-bond donors (Lipinski definition) is 7. The average Bonchev–Trinajstić information content (AvgIpc) is 3.22. The molecule has 0 aromatic heterocycles. The van der Waals surface area contributed by atoms with Crippen molar-refractivity contribution in [1.29, 1.82) is 0 Å². The van der Waals surface area contributed by atoms with Gasteiger partial charge in [0.05, 0.1) is 6.61 Å². The molecule has 0 aromatic rings. The lowest BCUT2D eigenvalue weighted by Crippen LogP contribution is -2.61. The molecule has 10 nitrogen and oxygen atoms in total. The van der Waals surface area contributed by atoms with E-state index in [9.17, 15) is 35.4 Å². The third kappa shape index (κ3) is 28.2. The summed E-state index contributed by atoms with van der Waals surface area (Å²) in [4.78, 5) is 13.0. The molecule has 0 saturated carbocycles. The van der Waals surface area contributed by atoms with Crippen molar-refractivity contribution in [2.75, 3.05) is 6.61 Å².